The predicted molar refractivity (Wildman–Crippen MR) is 164 cm³/mol. The Labute approximate surface area is 231 Å². The van der Waals surface area contributed by atoms with Crippen molar-refractivity contribution in [3.8, 4) is 11.3 Å². The van der Waals surface area contributed by atoms with Crippen LogP contribution in [-0.2, 0) is 6.42 Å². The molecule has 1 aromatic carbocycles. The molecule has 0 radical (unpaired) electrons. The topological polar surface area (TPSA) is 79.6 Å². The highest BCUT2D eigenvalue weighted by atomic mass is 14.9. The molecule has 198 valence electrons. The van der Waals surface area contributed by atoms with Crippen molar-refractivity contribution in [2.45, 2.75) is 45.4 Å². The molecule has 39 heavy (non-hydrogen) atoms. The smallest absolute Gasteiger partial charge is 0.0724 e. The van der Waals surface area contributed by atoms with Gasteiger partial charge in [0.05, 0.1) is 17.4 Å². The summed E-state index contributed by atoms with van der Waals surface area (Å²) >= 11 is 0. The molecule has 1 fully saturated rings. The SMILES string of the molecule is C=C/C(=C\C(=C/C)c1ccc(N)c(Cc2cc3c(-c4ccccn4)cncc3[nH]2)c1)NC(=C)C1CCCCC1. The van der Waals surface area contributed by atoms with Crippen LogP contribution < -0.4 is 11.1 Å². The number of aromatic amines is 1. The van der Waals surface area contributed by atoms with Crippen molar-refractivity contribution >= 4 is 22.2 Å². The highest BCUT2D eigenvalue weighted by Crippen LogP contribution is 2.31. The van der Waals surface area contributed by atoms with Gasteiger partial charge in [0.1, 0.15) is 0 Å². The fourth-order valence-corrected chi connectivity index (χ4v) is 5.46. The second kappa shape index (κ2) is 12.0. The lowest BCUT2D eigenvalue weighted by Gasteiger charge is -2.25. The van der Waals surface area contributed by atoms with E-state index in [4.69, 9.17) is 5.73 Å². The molecule has 1 aliphatic carbocycles. The van der Waals surface area contributed by atoms with Crippen LogP contribution in [0.3, 0.4) is 0 Å². The number of nitrogen functional groups attached to an aromatic ring is 1. The van der Waals surface area contributed by atoms with E-state index in [2.05, 4.69) is 70.7 Å². The zero-order chi connectivity index (χ0) is 27.2. The molecule has 1 aliphatic rings. The van der Waals surface area contributed by atoms with Gasteiger partial charge in [-0.25, -0.2) is 0 Å². The zero-order valence-electron chi connectivity index (χ0n) is 22.7. The third-order valence-corrected chi connectivity index (χ3v) is 7.64. The van der Waals surface area contributed by atoms with Crippen LogP contribution in [0.5, 0.6) is 0 Å². The van der Waals surface area contributed by atoms with Gasteiger partial charge < -0.3 is 16.0 Å². The highest BCUT2D eigenvalue weighted by Gasteiger charge is 2.17. The van der Waals surface area contributed by atoms with Gasteiger partial charge in [-0.1, -0.05) is 50.6 Å². The molecular formula is C34H37N5. The number of nitrogens with two attached hydrogens (primary N) is 1. The lowest BCUT2D eigenvalue weighted by molar-refractivity contribution is 0.393. The molecule has 4 N–H and O–H groups in total. The van der Waals surface area contributed by atoms with Crippen LogP contribution in [-0.4, -0.2) is 15.0 Å². The first-order valence-corrected chi connectivity index (χ1v) is 13.8. The Bertz CT molecular complexity index is 1530. The van der Waals surface area contributed by atoms with Gasteiger partial charge in [0.15, 0.2) is 0 Å². The van der Waals surface area contributed by atoms with Gasteiger partial charge >= 0.3 is 0 Å². The van der Waals surface area contributed by atoms with Gasteiger partial charge in [-0.15, -0.1) is 0 Å². The quantitative estimate of drug-likeness (QED) is 0.156. The summed E-state index contributed by atoms with van der Waals surface area (Å²) in [7, 11) is 0. The molecule has 0 spiro atoms. The molecule has 1 saturated carbocycles. The Morgan fingerprint density at radius 2 is 1.97 bits per heavy atom. The third-order valence-electron chi connectivity index (χ3n) is 7.64. The van der Waals surface area contributed by atoms with Crippen LogP contribution in [0.4, 0.5) is 5.69 Å². The monoisotopic (exact) mass is 515 g/mol. The molecule has 3 heterocycles. The van der Waals surface area contributed by atoms with Crippen molar-refractivity contribution < 1.29 is 0 Å². The molecule has 5 nitrogen and oxygen atoms in total. The number of hydrogen-bond acceptors (Lipinski definition) is 4. The van der Waals surface area contributed by atoms with Crippen molar-refractivity contribution in [2.75, 3.05) is 5.73 Å². The van der Waals surface area contributed by atoms with E-state index in [9.17, 15) is 0 Å². The lowest BCUT2D eigenvalue weighted by Crippen LogP contribution is -2.20. The summed E-state index contributed by atoms with van der Waals surface area (Å²) in [5, 5.41) is 4.64. The van der Waals surface area contributed by atoms with Crippen LogP contribution in [0.2, 0.25) is 0 Å². The molecule has 0 saturated heterocycles. The Morgan fingerprint density at radius 3 is 2.72 bits per heavy atom. The summed E-state index contributed by atoms with van der Waals surface area (Å²) in [6, 6.07) is 14.4. The normalized spacial score (nSPS) is 14.9. The van der Waals surface area contributed by atoms with E-state index in [1.165, 1.54) is 32.1 Å². The summed E-state index contributed by atoms with van der Waals surface area (Å²) in [6.45, 7) is 10.4. The number of anilines is 1. The van der Waals surface area contributed by atoms with E-state index in [0.717, 1.165) is 61.6 Å². The van der Waals surface area contributed by atoms with E-state index in [1.807, 2.05) is 42.7 Å². The number of nitrogens with zero attached hydrogens (tertiary/aromatic N) is 2. The van der Waals surface area contributed by atoms with Crippen LogP contribution >= 0.6 is 0 Å². The lowest BCUT2D eigenvalue weighted by atomic mass is 9.87. The van der Waals surface area contributed by atoms with Gasteiger partial charge in [0, 0.05) is 52.5 Å². The fraction of sp³-hybridized carbons (Fsp3) is 0.235. The Hall–Kier alpha value is -4.38. The number of allylic oxidation sites excluding steroid dienone is 5. The first-order valence-electron chi connectivity index (χ1n) is 13.8. The van der Waals surface area contributed by atoms with E-state index >= 15 is 0 Å². The molecule has 5 heteroatoms. The van der Waals surface area contributed by atoms with Crippen LogP contribution in [0.25, 0.3) is 27.7 Å². The van der Waals surface area contributed by atoms with Crippen molar-refractivity contribution in [2.24, 2.45) is 5.92 Å². The zero-order valence-corrected chi connectivity index (χ0v) is 22.7. The van der Waals surface area contributed by atoms with Gasteiger partial charge in [0.2, 0.25) is 0 Å². The number of hydrogen-bond donors (Lipinski definition) is 3. The van der Waals surface area contributed by atoms with Gasteiger partial charge in [-0.3, -0.25) is 9.97 Å². The van der Waals surface area contributed by atoms with Crippen molar-refractivity contribution in [3.05, 3.63) is 121 Å². The summed E-state index contributed by atoms with van der Waals surface area (Å²) in [5.41, 5.74) is 16.5. The van der Waals surface area contributed by atoms with E-state index in [1.54, 1.807) is 6.20 Å². The Kier molecular flexibility index (Phi) is 8.07. The first-order chi connectivity index (χ1) is 19.1. The average molecular weight is 516 g/mol. The summed E-state index contributed by atoms with van der Waals surface area (Å²) in [6.07, 6.45) is 18.7. The van der Waals surface area contributed by atoms with Gasteiger partial charge in [0.25, 0.3) is 0 Å². The number of fused-ring (bicyclic) bond motifs is 1. The van der Waals surface area contributed by atoms with Crippen LogP contribution in [0, 0.1) is 5.92 Å². The Balaban J connectivity index is 1.39. The molecular weight excluding hydrogens is 478 g/mol. The number of aromatic nitrogens is 3. The highest BCUT2D eigenvalue weighted by molar-refractivity contribution is 5.94. The number of benzene rings is 1. The van der Waals surface area contributed by atoms with E-state index in [-0.39, 0.29) is 0 Å². The third kappa shape index (κ3) is 6.04. The molecule has 4 aromatic rings. The minimum Gasteiger partial charge on any atom is -0.398 e. The number of nitrogens with one attached hydrogen (secondary N) is 2. The molecule has 0 unspecified atom stereocenters. The van der Waals surface area contributed by atoms with Crippen molar-refractivity contribution in [1.82, 2.24) is 20.3 Å². The van der Waals surface area contributed by atoms with Gasteiger partial charge in [-0.05, 0) is 84.9 Å². The molecule has 0 bridgehead atoms. The molecule has 5 rings (SSSR count). The molecule has 0 amide bonds. The maximum atomic E-state index is 6.46. The number of H-pyrrole nitrogens is 1. The summed E-state index contributed by atoms with van der Waals surface area (Å²) < 4.78 is 0. The molecule has 0 aliphatic heterocycles. The second-order valence-electron chi connectivity index (χ2n) is 10.3. The van der Waals surface area contributed by atoms with E-state index in [0.29, 0.717) is 12.3 Å². The molecule has 0 atom stereocenters. The maximum absolute atomic E-state index is 6.46. The van der Waals surface area contributed by atoms with E-state index < -0.39 is 0 Å². The summed E-state index contributed by atoms with van der Waals surface area (Å²) in [5.74, 6) is 0.531. The number of rotatable bonds is 9. The minimum absolute atomic E-state index is 0.531. The predicted octanol–water partition coefficient (Wildman–Crippen LogP) is 7.95. The largest absolute Gasteiger partial charge is 0.398 e. The fourth-order valence-electron chi connectivity index (χ4n) is 5.46. The number of pyridine rings is 2. The van der Waals surface area contributed by atoms with Crippen LogP contribution in [0.15, 0.2) is 104 Å². The van der Waals surface area contributed by atoms with Crippen molar-refractivity contribution in [1.29, 1.82) is 0 Å². The summed E-state index contributed by atoms with van der Waals surface area (Å²) in [4.78, 5) is 12.5. The van der Waals surface area contributed by atoms with Crippen LogP contribution in [0.1, 0.15) is 55.8 Å². The van der Waals surface area contributed by atoms with Gasteiger partial charge in [-0.2, -0.15) is 0 Å². The standard InChI is InChI=1S/C34H37N5/c1-4-24(18-28(5-2)38-23(3)25-11-7-6-8-12-25)26-14-15-32(35)27(17-26)19-29-20-30-31(21-36-22-34(30)39-29)33-13-9-10-16-37-33/h4-5,9-10,13-18,20-22,25,38-39H,2-3,6-8,11-12,19,35H2,1H3/b24-4+,28-18+. The first kappa shape index (κ1) is 26.2. The maximum Gasteiger partial charge on any atom is 0.0724 e. The molecule has 3 aromatic heterocycles. The minimum atomic E-state index is 0.531. The van der Waals surface area contributed by atoms with Crippen molar-refractivity contribution in [3.63, 3.8) is 0 Å². The Morgan fingerprint density at radius 1 is 1.13 bits per heavy atom. The second-order valence-corrected chi connectivity index (χ2v) is 10.3. The average Bonchev–Trinajstić information content (AvgIpc) is 3.40.